The summed E-state index contributed by atoms with van der Waals surface area (Å²) in [6, 6.07) is 2.60. The van der Waals surface area contributed by atoms with Gasteiger partial charge < -0.3 is 20.7 Å². The predicted octanol–water partition coefficient (Wildman–Crippen LogP) is -0.730. The van der Waals surface area contributed by atoms with Gasteiger partial charge in [-0.05, 0) is 12.1 Å². The first-order valence-corrected chi connectivity index (χ1v) is 9.58. The van der Waals surface area contributed by atoms with Crippen molar-refractivity contribution < 1.29 is 31.9 Å². The van der Waals surface area contributed by atoms with Crippen LogP contribution in [-0.4, -0.2) is 62.5 Å². The van der Waals surface area contributed by atoms with Crippen LogP contribution in [0, 0.1) is 6.08 Å². The molecule has 1 fully saturated rings. The molecule has 4 heterocycles. The molecule has 0 spiro atoms. The van der Waals surface area contributed by atoms with Gasteiger partial charge in [0.25, 0.3) is 10.1 Å². The molecule has 3 aromatic heterocycles. The maximum atomic E-state index is 13.6. The molecule has 0 saturated carbocycles. The van der Waals surface area contributed by atoms with Crippen LogP contribution in [0.4, 0.5) is 10.2 Å². The zero-order valence-corrected chi connectivity index (χ0v) is 15.6. The van der Waals surface area contributed by atoms with Crippen molar-refractivity contribution in [3.8, 4) is 0 Å². The molecule has 1 aliphatic rings. The van der Waals surface area contributed by atoms with E-state index in [1.54, 1.807) is 0 Å². The number of imidazole rings is 1. The predicted molar refractivity (Wildman–Crippen MR) is 93.0 cm³/mol. The van der Waals surface area contributed by atoms with E-state index in [0.717, 1.165) is 11.7 Å². The second-order valence-electron chi connectivity index (χ2n) is 6.14. The topological polar surface area (TPSA) is 176 Å². The van der Waals surface area contributed by atoms with Crippen LogP contribution in [0.5, 0.6) is 0 Å². The largest absolute Gasteiger partial charge is 0.387 e. The van der Waals surface area contributed by atoms with Crippen molar-refractivity contribution in [2.75, 3.05) is 12.8 Å². The normalized spacial score (nSPS) is 25.0. The summed E-state index contributed by atoms with van der Waals surface area (Å²) in [5, 5.41) is 21.0. The number of aliphatic hydroxyl groups excluding tert-OH is 2. The summed E-state index contributed by atoms with van der Waals surface area (Å²) in [5.74, 6) is -0.214. The molecule has 12 nitrogen and oxygen atoms in total. The Morgan fingerprint density at radius 1 is 1.28 bits per heavy atom. The monoisotopic (exact) mass is 426 g/mol. The van der Waals surface area contributed by atoms with E-state index in [9.17, 15) is 23.0 Å². The molecule has 154 valence electrons. The Labute approximate surface area is 162 Å². The minimum absolute atomic E-state index is 0.0700. The van der Waals surface area contributed by atoms with Gasteiger partial charge in [0.05, 0.1) is 19.1 Å². The fraction of sp³-hybridized carbons (Fsp3) is 0.333. The highest BCUT2D eigenvalue weighted by molar-refractivity contribution is 7.86. The summed E-state index contributed by atoms with van der Waals surface area (Å²) in [4.78, 5) is 14.6. The Morgan fingerprint density at radius 3 is 2.76 bits per heavy atom. The summed E-state index contributed by atoms with van der Waals surface area (Å²) in [5.41, 5.74) is 5.46. The van der Waals surface area contributed by atoms with Crippen LogP contribution in [-0.2, 0) is 19.0 Å². The van der Waals surface area contributed by atoms with E-state index in [2.05, 4.69) is 24.1 Å². The van der Waals surface area contributed by atoms with Crippen molar-refractivity contribution in [3.63, 3.8) is 0 Å². The minimum atomic E-state index is -4.17. The number of fused-ring (bicyclic) bond motifs is 1. The van der Waals surface area contributed by atoms with E-state index in [1.807, 2.05) is 0 Å². The number of pyridine rings is 1. The Balaban J connectivity index is 1.78. The lowest BCUT2D eigenvalue weighted by molar-refractivity contribution is -0.0379. The third-order valence-electron chi connectivity index (χ3n) is 4.49. The molecule has 4 atom stereocenters. The van der Waals surface area contributed by atoms with Gasteiger partial charge >= 0.3 is 6.08 Å². The van der Waals surface area contributed by atoms with E-state index >= 15 is 0 Å². The van der Waals surface area contributed by atoms with Gasteiger partial charge in [-0.3, -0.25) is 13.7 Å². The zero-order chi connectivity index (χ0) is 20.9. The first kappa shape index (κ1) is 19.5. The number of rotatable bonds is 4. The molecule has 1 aliphatic heterocycles. The molecule has 4 rings (SSSR count). The number of aliphatic hydroxyl groups is 2. The average molecular weight is 426 g/mol. The second kappa shape index (κ2) is 6.93. The van der Waals surface area contributed by atoms with Crippen molar-refractivity contribution in [1.29, 1.82) is 0 Å². The molecule has 29 heavy (non-hydrogen) atoms. The zero-order valence-electron chi connectivity index (χ0n) is 14.7. The molecular weight excluding hydrogens is 411 g/mol. The van der Waals surface area contributed by atoms with E-state index in [1.165, 1.54) is 24.7 Å². The Hall–Kier alpha value is -2.78. The van der Waals surface area contributed by atoms with Gasteiger partial charge in [0.15, 0.2) is 23.2 Å². The highest BCUT2D eigenvalue weighted by Crippen LogP contribution is 2.41. The third kappa shape index (κ3) is 3.10. The molecule has 0 unspecified atom stereocenters. The lowest BCUT2D eigenvalue weighted by Gasteiger charge is -2.17. The summed E-state index contributed by atoms with van der Waals surface area (Å²) < 4.78 is 49.3. The first-order valence-electron chi connectivity index (χ1n) is 8.17. The first-order chi connectivity index (χ1) is 13.7. The Kier molecular flexibility index (Phi) is 4.66. The number of anilines is 1. The van der Waals surface area contributed by atoms with Crippen LogP contribution < -0.4 is 5.73 Å². The van der Waals surface area contributed by atoms with Crippen LogP contribution in [0.2, 0.25) is 0 Å². The standard InChI is InChI=1S/C15H15FN6O6S/c1-27-29(25,26)6-3-2-4-18-7(6)11-9(23)10(24)14(28-11)22-5-19-8-12(17)20-15(16)21-13(8)22/h2-5,9-11,14,23-24H,1H3,(H2,17,20,21)/t9-,10+,11+,14+/m0/s1. The van der Waals surface area contributed by atoms with Crippen molar-refractivity contribution in [3.05, 3.63) is 36.4 Å². The van der Waals surface area contributed by atoms with E-state index < -0.39 is 40.7 Å². The molecule has 1 saturated heterocycles. The second-order valence-corrected chi connectivity index (χ2v) is 7.82. The molecule has 0 aliphatic carbocycles. The Morgan fingerprint density at radius 2 is 2.03 bits per heavy atom. The van der Waals surface area contributed by atoms with Gasteiger partial charge in [-0.1, -0.05) is 0 Å². The van der Waals surface area contributed by atoms with Gasteiger partial charge in [-0.2, -0.15) is 22.8 Å². The maximum absolute atomic E-state index is 13.6. The van der Waals surface area contributed by atoms with Gasteiger partial charge in [-0.15, -0.1) is 0 Å². The van der Waals surface area contributed by atoms with Crippen LogP contribution in [0.15, 0.2) is 29.6 Å². The Bertz CT molecular complexity index is 1190. The number of nitrogens with two attached hydrogens (primary N) is 1. The fourth-order valence-electron chi connectivity index (χ4n) is 3.13. The number of ether oxygens (including phenoxy) is 1. The molecular formula is C15H15FN6O6S. The van der Waals surface area contributed by atoms with Gasteiger partial charge in [0.2, 0.25) is 0 Å². The quantitative estimate of drug-likeness (QED) is 0.354. The molecule has 0 radical (unpaired) electrons. The number of nitrogen functional groups attached to an aromatic ring is 1. The lowest BCUT2D eigenvalue weighted by atomic mass is 10.1. The minimum Gasteiger partial charge on any atom is -0.387 e. The van der Waals surface area contributed by atoms with Crippen LogP contribution >= 0.6 is 0 Å². The molecule has 3 aromatic rings. The van der Waals surface area contributed by atoms with E-state index in [0.29, 0.717) is 0 Å². The average Bonchev–Trinajstić information content (AvgIpc) is 3.23. The van der Waals surface area contributed by atoms with E-state index in [-0.39, 0.29) is 27.6 Å². The van der Waals surface area contributed by atoms with Gasteiger partial charge in [-0.25, -0.2) is 4.98 Å². The van der Waals surface area contributed by atoms with Crippen LogP contribution in [0.1, 0.15) is 18.0 Å². The molecule has 0 amide bonds. The molecule has 0 bridgehead atoms. The van der Waals surface area contributed by atoms with E-state index in [4.69, 9.17) is 10.5 Å². The highest BCUT2D eigenvalue weighted by Gasteiger charge is 2.47. The van der Waals surface area contributed by atoms with Crippen LogP contribution in [0.25, 0.3) is 11.2 Å². The maximum Gasteiger partial charge on any atom is 0.312 e. The molecule has 4 N–H and O–H groups in total. The van der Waals surface area contributed by atoms with Crippen molar-refractivity contribution in [2.45, 2.75) is 29.4 Å². The third-order valence-corrected chi connectivity index (χ3v) is 5.81. The van der Waals surface area contributed by atoms with Crippen molar-refractivity contribution >= 4 is 27.1 Å². The smallest absolute Gasteiger partial charge is 0.312 e. The van der Waals surface area contributed by atoms with Gasteiger partial charge in [0.1, 0.15) is 23.2 Å². The van der Waals surface area contributed by atoms with Crippen molar-refractivity contribution in [1.82, 2.24) is 24.5 Å². The SMILES string of the molecule is COS(=O)(=O)c1cccnc1[C@H]1O[C@@H](n2cnc3c(N)nc(F)nc32)[C@H](O)[C@@H]1O. The number of aromatic nitrogens is 5. The number of halogens is 1. The number of hydrogen-bond acceptors (Lipinski definition) is 11. The van der Waals surface area contributed by atoms with Gasteiger partial charge in [0, 0.05) is 6.20 Å². The summed E-state index contributed by atoms with van der Waals surface area (Å²) in [6.07, 6.45) is -4.36. The van der Waals surface area contributed by atoms with Crippen LogP contribution in [0.3, 0.4) is 0 Å². The lowest BCUT2D eigenvalue weighted by Crippen LogP contribution is -2.29. The number of hydrogen-bond donors (Lipinski definition) is 3. The summed E-state index contributed by atoms with van der Waals surface area (Å²) >= 11 is 0. The number of nitrogens with zero attached hydrogens (tertiary/aromatic N) is 5. The van der Waals surface area contributed by atoms with Crippen molar-refractivity contribution in [2.24, 2.45) is 0 Å². The fourth-order valence-corrected chi connectivity index (χ4v) is 3.98. The molecule has 14 heteroatoms. The highest BCUT2D eigenvalue weighted by atomic mass is 32.2. The molecule has 0 aromatic carbocycles. The summed E-state index contributed by atoms with van der Waals surface area (Å²) in [7, 11) is -3.19. The summed E-state index contributed by atoms with van der Waals surface area (Å²) in [6.45, 7) is 0.